The molecule has 0 saturated carbocycles. The Balaban J connectivity index is 2.07. The minimum absolute atomic E-state index is 0.122. The zero-order chi connectivity index (χ0) is 14.5. The van der Waals surface area contributed by atoms with E-state index in [2.05, 4.69) is 33.2 Å². The van der Waals surface area contributed by atoms with Crippen LogP contribution in [0.25, 0.3) is 0 Å². The van der Waals surface area contributed by atoms with Gasteiger partial charge in [-0.3, -0.25) is 0 Å². The lowest BCUT2D eigenvalue weighted by Crippen LogP contribution is -2.20. The van der Waals surface area contributed by atoms with Gasteiger partial charge in [0.05, 0.1) is 11.3 Å². The van der Waals surface area contributed by atoms with Gasteiger partial charge in [-0.05, 0) is 52.9 Å². The summed E-state index contributed by atoms with van der Waals surface area (Å²) in [6.45, 7) is 0. The predicted octanol–water partition coefficient (Wildman–Crippen LogP) is 3.63. The van der Waals surface area contributed by atoms with Gasteiger partial charge in [0.2, 0.25) is 0 Å². The average molecular weight is 382 g/mol. The van der Waals surface area contributed by atoms with Gasteiger partial charge in [0.15, 0.2) is 0 Å². The highest BCUT2D eigenvalue weighted by atomic mass is 127. The second-order valence-corrected chi connectivity index (χ2v) is 5.11. The second kappa shape index (κ2) is 6.38. The van der Waals surface area contributed by atoms with E-state index in [4.69, 9.17) is 5.11 Å². The van der Waals surface area contributed by atoms with E-state index in [1.807, 2.05) is 18.2 Å². The second-order valence-electron chi connectivity index (χ2n) is 3.94. The maximum atomic E-state index is 11.8. The summed E-state index contributed by atoms with van der Waals surface area (Å²) in [6, 6.07) is 13.0. The summed E-state index contributed by atoms with van der Waals surface area (Å²) in [5.74, 6) is -1.04. The van der Waals surface area contributed by atoms with Gasteiger partial charge in [-0.2, -0.15) is 0 Å². The maximum absolute atomic E-state index is 11.8. The fourth-order valence-electron chi connectivity index (χ4n) is 1.58. The van der Waals surface area contributed by atoms with Gasteiger partial charge in [0.25, 0.3) is 0 Å². The van der Waals surface area contributed by atoms with E-state index in [9.17, 15) is 9.59 Å². The van der Waals surface area contributed by atoms with Gasteiger partial charge in [-0.15, -0.1) is 0 Å². The minimum Gasteiger partial charge on any atom is -0.478 e. The predicted molar refractivity (Wildman–Crippen MR) is 85.2 cm³/mol. The maximum Gasteiger partial charge on any atom is 0.335 e. The largest absolute Gasteiger partial charge is 0.478 e. The Labute approximate surface area is 129 Å². The number of carboxylic acids is 1. The standard InChI is InChI=1S/C14H11IN2O3/c15-11-6-1-2-7-12(11)17-14(20)16-10-5-3-4-9(8-10)13(18)19/h1-8H,(H,18,19)(H2,16,17,20). The fraction of sp³-hybridized carbons (Fsp3) is 0. The molecule has 2 amide bonds. The molecule has 20 heavy (non-hydrogen) atoms. The first-order valence-corrected chi connectivity index (χ1v) is 6.80. The molecule has 102 valence electrons. The molecule has 0 saturated heterocycles. The van der Waals surface area contributed by atoms with Crippen LogP contribution in [-0.2, 0) is 0 Å². The number of rotatable bonds is 3. The van der Waals surface area contributed by atoms with Crippen molar-refractivity contribution in [2.75, 3.05) is 10.6 Å². The van der Waals surface area contributed by atoms with Crippen LogP contribution < -0.4 is 10.6 Å². The number of hydrogen-bond acceptors (Lipinski definition) is 2. The summed E-state index contributed by atoms with van der Waals surface area (Å²) in [5.41, 5.74) is 1.24. The monoisotopic (exact) mass is 382 g/mol. The Morgan fingerprint density at radius 1 is 1.00 bits per heavy atom. The van der Waals surface area contributed by atoms with Crippen LogP contribution in [-0.4, -0.2) is 17.1 Å². The first kappa shape index (κ1) is 14.3. The lowest BCUT2D eigenvalue weighted by molar-refractivity contribution is 0.0697. The third-order valence-electron chi connectivity index (χ3n) is 2.49. The van der Waals surface area contributed by atoms with Crippen LogP contribution in [0.3, 0.4) is 0 Å². The van der Waals surface area contributed by atoms with Gasteiger partial charge < -0.3 is 15.7 Å². The molecule has 3 N–H and O–H groups in total. The third-order valence-corrected chi connectivity index (χ3v) is 3.43. The number of aromatic carboxylic acids is 1. The summed E-state index contributed by atoms with van der Waals surface area (Å²) >= 11 is 2.12. The molecule has 0 radical (unpaired) electrons. The molecule has 0 fully saturated rings. The molecule has 0 heterocycles. The van der Waals surface area contributed by atoms with Crippen molar-refractivity contribution in [3.05, 3.63) is 57.7 Å². The fourth-order valence-corrected chi connectivity index (χ4v) is 2.10. The van der Waals surface area contributed by atoms with Gasteiger partial charge in [-0.25, -0.2) is 9.59 Å². The van der Waals surface area contributed by atoms with Crippen molar-refractivity contribution in [2.45, 2.75) is 0 Å². The van der Waals surface area contributed by atoms with Crippen LogP contribution in [0.2, 0.25) is 0 Å². The number of urea groups is 1. The van der Waals surface area contributed by atoms with Crippen molar-refractivity contribution in [1.82, 2.24) is 0 Å². The number of carbonyl (C=O) groups is 2. The number of carboxylic acid groups (broad SMARTS) is 1. The van der Waals surface area contributed by atoms with E-state index in [-0.39, 0.29) is 5.56 Å². The van der Waals surface area contributed by atoms with Crippen molar-refractivity contribution >= 4 is 46.0 Å². The lowest BCUT2D eigenvalue weighted by Gasteiger charge is -2.09. The zero-order valence-corrected chi connectivity index (χ0v) is 12.4. The smallest absolute Gasteiger partial charge is 0.335 e. The highest BCUT2D eigenvalue weighted by Gasteiger charge is 2.07. The molecule has 0 aliphatic heterocycles. The summed E-state index contributed by atoms with van der Waals surface area (Å²) in [6.07, 6.45) is 0. The van der Waals surface area contributed by atoms with Crippen LogP contribution in [0.15, 0.2) is 48.5 Å². The van der Waals surface area contributed by atoms with E-state index in [1.165, 1.54) is 12.1 Å². The lowest BCUT2D eigenvalue weighted by atomic mass is 10.2. The number of nitrogens with one attached hydrogen (secondary N) is 2. The number of halogens is 1. The van der Waals surface area contributed by atoms with Crippen LogP contribution in [0.1, 0.15) is 10.4 Å². The van der Waals surface area contributed by atoms with Crippen molar-refractivity contribution in [2.24, 2.45) is 0 Å². The molecule has 0 unspecified atom stereocenters. The quantitative estimate of drug-likeness (QED) is 0.710. The molecule has 0 aliphatic rings. The number of hydrogen-bond donors (Lipinski definition) is 3. The molecule has 2 rings (SSSR count). The summed E-state index contributed by atoms with van der Waals surface area (Å²) in [4.78, 5) is 22.7. The summed E-state index contributed by atoms with van der Waals surface area (Å²) < 4.78 is 0.916. The van der Waals surface area contributed by atoms with Crippen molar-refractivity contribution in [3.8, 4) is 0 Å². The number of benzene rings is 2. The Bertz CT molecular complexity index is 658. The van der Waals surface area contributed by atoms with Crippen molar-refractivity contribution < 1.29 is 14.7 Å². The Hall–Kier alpha value is -2.09. The molecular weight excluding hydrogens is 371 g/mol. The Morgan fingerprint density at radius 3 is 2.45 bits per heavy atom. The number of para-hydroxylation sites is 1. The molecule has 0 spiro atoms. The highest BCUT2D eigenvalue weighted by molar-refractivity contribution is 14.1. The number of carbonyl (C=O) groups excluding carboxylic acids is 1. The summed E-state index contributed by atoms with van der Waals surface area (Å²) in [7, 11) is 0. The topological polar surface area (TPSA) is 78.4 Å². The van der Waals surface area contributed by atoms with Gasteiger partial charge in [-0.1, -0.05) is 18.2 Å². The number of amides is 2. The SMILES string of the molecule is O=C(Nc1cccc(C(=O)O)c1)Nc1ccccc1I. The molecule has 2 aromatic rings. The molecule has 0 bridgehead atoms. The minimum atomic E-state index is -1.04. The highest BCUT2D eigenvalue weighted by Crippen LogP contribution is 2.17. The van der Waals surface area contributed by atoms with Gasteiger partial charge in [0, 0.05) is 9.26 Å². The first-order valence-electron chi connectivity index (χ1n) is 5.72. The average Bonchev–Trinajstić information content (AvgIpc) is 2.41. The van der Waals surface area contributed by atoms with Crippen LogP contribution in [0.4, 0.5) is 16.2 Å². The third kappa shape index (κ3) is 3.70. The molecule has 2 aromatic carbocycles. The molecule has 6 heteroatoms. The molecule has 0 aromatic heterocycles. The normalized spacial score (nSPS) is 9.85. The number of anilines is 2. The first-order chi connectivity index (χ1) is 9.56. The van der Waals surface area contributed by atoms with Crippen molar-refractivity contribution in [3.63, 3.8) is 0 Å². The van der Waals surface area contributed by atoms with E-state index in [1.54, 1.807) is 18.2 Å². The van der Waals surface area contributed by atoms with E-state index in [0.29, 0.717) is 11.4 Å². The summed E-state index contributed by atoms with van der Waals surface area (Å²) in [5, 5.41) is 14.2. The molecule has 5 nitrogen and oxygen atoms in total. The van der Waals surface area contributed by atoms with Gasteiger partial charge in [0.1, 0.15) is 0 Å². The van der Waals surface area contributed by atoms with Crippen molar-refractivity contribution in [1.29, 1.82) is 0 Å². The molecule has 0 aliphatic carbocycles. The molecular formula is C14H11IN2O3. The van der Waals surface area contributed by atoms with Crippen LogP contribution in [0.5, 0.6) is 0 Å². The Morgan fingerprint density at radius 2 is 1.75 bits per heavy atom. The zero-order valence-electron chi connectivity index (χ0n) is 10.3. The van der Waals surface area contributed by atoms with Crippen LogP contribution in [0, 0.1) is 3.57 Å². The van der Waals surface area contributed by atoms with Gasteiger partial charge >= 0.3 is 12.0 Å². The van der Waals surface area contributed by atoms with E-state index >= 15 is 0 Å². The van der Waals surface area contributed by atoms with Crippen LogP contribution >= 0.6 is 22.6 Å². The van der Waals surface area contributed by atoms with E-state index in [0.717, 1.165) is 3.57 Å². The molecule has 0 atom stereocenters. The van der Waals surface area contributed by atoms with E-state index < -0.39 is 12.0 Å². The Kier molecular flexibility index (Phi) is 4.57.